The van der Waals surface area contributed by atoms with E-state index in [1.165, 1.54) is 0 Å². The molecule has 0 N–H and O–H groups in total. The molecule has 4 rings (SSSR count). The Balaban J connectivity index is 1.40. The fourth-order valence-corrected chi connectivity index (χ4v) is 4.53. The van der Waals surface area contributed by atoms with Gasteiger partial charge in [0.1, 0.15) is 0 Å². The van der Waals surface area contributed by atoms with Crippen molar-refractivity contribution in [2.75, 3.05) is 51.8 Å². The van der Waals surface area contributed by atoms with Crippen LogP contribution >= 0.6 is 0 Å². The summed E-state index contributed by atoms with van der Waals surface area (Å²) in [6.45, 7) is 3.69. The van der Waals surface area contributed by atoms with E-state index in [1.54, 1.807) is 12.4 Å². The van der Waals surface area contributed by atoms with E-state index in [4.69, 9.17) is 4.74 Å². The third-order valence-electron chi connectivity index (χ3n) is 6.23. The van der Waals surface area contributed by atoms with E-state index in [9.17, 15) is 9.59 Å². The molecule has 0 bridgehead atoms. The molecule has 3 fully saturated rings. The Hall–Kier alpha value is -2.22. The molecule has 1 saturated carbocycles. The van der Waals surface area contributed by atoms with Crippen LogP contribution in [0.5, 0.6) is 0 Å². The first kappa shape index (κ1) is 18.2. The number of aromatic nitrogens is 2. The molecule has 1 aromatic heterocycles. The monoisotopic (exact) mass is 373 g/mol. The highest BCUT2D eigenvalue weighted by Gasteiger charge is 2.42. The molecule has 0 aromatic carbocycles. The van der Waals surface area contributed by atoms with Crippen molar-refractivity contribution in [3.8, 4) is 0 Å². The topological polar surface area (TPSA) is 78.9 Å². The molecule has 2 saturated heterocycles. The SMILES string of the molecule is CN1C[C@H]2C[C@@H](N(C)C(=O)c3cnc(N4CCOCC4)nc3)C[C@H]2CC1=O. The minimum absolute atomic E-state index is 0.0492. The Kier molecular flexibility index (Phi) is 4.99. The van der Waals surface area contributed by atoms with E-state index in [0.717, 1.165) is 32.5 Å². The third-order valence-corrected chi connectivity index (χ3v) is 6.23. The Bertz CT molecular complexity index is 704. The van der Waals surface area contributed by atoms with E-state index in [-0.39, 0.29) is 17.9 Å². The molecule has 146 valence electrons. The van der Waals surface area contributed by atoms with Crippen molar-refractivity contribution in [2.45, 2.75) is 25.3 Å². The summed E-state index contributed by atoms with van der Waals surface area (Å²) in [5, 5.41) is 0. The zero-order chi connectivity index (χ0) is 19.0. The molecule has 1 aromatic rings. The van der Waals surface area contributed by atoms with Gasteiger partial charge in [-0.15, -0.1) is 0 Å². The van der Waals surface area contributed by atoms with Gasteiger partial charge in [-0.3, -0.25) is 9.59 Å². The van der Waals surface area contributed by atoms with Gasteiger partial charge in [0.2, 0.25) is 11.9 Å². The quantitative estimate of drug-likeness (QED) is 0.774. The lowest BCUT2D eigenvalue weighted by Crippen LogP contribution is -2.40. The number of rotatable bonds is 3. The number of ether oxygens (including phenoxy) is 1. The van der Waals surface area contributed by atoms with Crippen LogP contribution in [-0.4, -0.2) is 84.6 Å². The van der Waals surface area contributed by atoms with E-state index in [2.05, 4.69) is 14.9 Å². The number of piperidine rings is 1. The van der Waals surface area contributed by atoms with Crippen LogP contribution in [0.2, 0.25) is 0 Å². The number of amides is 2. The molecule has 8 heteroatoms. The van der Waals surface area contributed by atoms with Gasteiger partial charge >= 0.3 is 0 Å². The summed E-state index contributed by atoms with van der Waals surface area (Å²) in [5.74, 6) is 1.71. The van der Waals surface area contributed by atoms with Crippen LogP contribution < -0.4 is 4.90 Å². The van der Waals surface area contributed by atoms with Crippen molar-refractivity contribution < 1.29 is 14.3 Å². The Morgan fingerprint density at radius 1 is 1.19 bits per heavy atom. The summed E-state index contributed by atoms with van der Waals surface area (Å²) in [6.07, 6.45) is 5.71. The molecule has 0 spiro atoms. The number of hydrogen-bond donors (Lipinski definition) is 0. The number of nitrogens with zero attached hydrogens (tertiary/aromatic N) is 5. The first-order valence-electron chi connectivity index (χ1n) is 9.69. The molecule has 27 heavy (non-hydrogen) atoms. The normalized spacial score (nSPS) is 28.2. The predicted molar refractivity (Wildman–Crippen MR) is 99.4 cm³/mol. The molecule has 1 aliphatic carbocycles. The third kappa shape index (κ3) is 3.63. The largest absolute Gasteiger partial charge is 0.378 e. The Labute approximate surface area is 159 Å². The molecule has 0 radical (unpaired) electrons. The maximum Gasteiger partial charge on any atom is 0.256 e. The van der Waals surface area contributed by atoms with Crippen LogP contribution in [0.15, 0.2) is 12.4 Å². The molecule has 3 heterocycles. The second-order valence-electron chi connectivity index (χ2n) is 7.91. The zero-order valence-electron chi connectivity index (χ0n) is 16.0. The Morgan fingerprint density at radius 3 is 2.56 bits per heavy atom. The number of fused-ring (bicyclic) bond motifs is 1. The van der Waals surface area contributed by atoms with Crippen molar-refractivity contribution in [3.63, 3.8) is 0 Å². The van der Waals surface area contributed by atoms with Gasteiger partial charge in [-0.05, 0) is 24.7 Å². The molecule has 3 aliphatic rings. The molecular weight excluding hydrogens is 346 g/mol. The van der Waals surface area contributed by atoms with E-state index >= 15 is 0 Å². The van der Waals surface area contributed by atoms with Crippen LogP contribution in [-0.2, 0) is 9.53 Å². The molecule has 0 unspecified atom stereocenters. The minimum atomic E-state index is -0.0492. The van der Waals surface area contributed by atoms with Gasteiger partial charge in [-0.1, -0.05) is 0 Å². The summed E-state index contributed by atoms with van der Waals surface area (Å²) in [5.41, 5.74) is 0.512. The van der Waals surface area contributed by atoms with E-state index < -0.39 is 0 Å². The van der Waals surface area contributed by atoms with Crippen molar-refractivity contribution in [1.82, 2.24) is 19.8 Å². The molecular formula is C19H27N5O3. The molecule has 8 nitrogen and oxygen atoms in total. The van der Waals surface area contributed by atoms with Crippen LogP contribution in [0.4, 0.5) is 5.95 Å². The lowest BCUT2D eigenvalue weighted by molar-refractivity contribution is -0.134. The highest BCUT2D eigenvalue weighted by atomic mass is 16.5. The van der Waals surface area contributed by atoms with Crippen LogP contribution in [0.1, 0.15) is 29.6 Å². The smallest absolute Gasteiger partial charge is 0.256 e. The van der Waals surface area contributed by atoms with Gasteiger partial charge in [-0.2, -0.15) is 0 Å². The lowest BCUT2D eigenvalue weighted by Gasteiger charge is -2.31. The molecule has 2 amide bonds. The lowest BCUT2D eigenvalue weighted by atomic mass is 9.88. The summed E-state index contributed by atoms with van der Waals surface area (Å²) in [6, 6.07) is 0.172. The highest BCUT2D eigenvalue weighted by Crippen LogP contribution is 2.40. The average molecular weight is 373 g/mol. The Morgan fingerprint density at radius 2 is 1.85 bits per heavy atom. The average Bonchev–Trinajstić information content (AvgIpc) is 3.10. The van der Waals surface area contributed by atoms with Gasteiger partial charge in [0.15, 0.2) is 0 Å². The number of hydrogen-bond acceptors (Lipinski definition) is 6. The number of likely N-dealkylation sites (tertiary alicyclic amines) is 1. The standard InChI is InChI=1S/C19H27N5O3/c1-22-12-14-8-16(7-13(14)9-17(22)25)23(2)18(26)15-10-20-19(21-11-15)24-3-5-27-6-4-24/h10-11,13-14,16H,3-9,12H2,1-2H3/t13-,14+,16-/m0/s1. The van der Waals surface area contributed by atoms with E-state index in [1.807, 2.05) is 23.9 Å². The van der Waals surface area contributed by atoms with Gasteiger partial charge in [-0.25, -0.2) is 9.97 Å². The van der Waals surface area contributed by atoms with Crippen molar-refractivity contribution in [3.05, 3.63) is 18.0 Å². The van der Waals surface area contributed by atoms with Crippen LogP contribution in [0.3, 0.4) is 0 Å². The summed E-state index contributed by atoms with van der Waals surface area (Å²) in [4.78, 5) is 39.3. The predicted octanol–water partition coefficient (Wildman–Crippen LogP) is 0.642. The van der Waals surface area contributed by atoms with Gasteiger partial charge < -0.3 is 19.4 Å². The molecule has 3 atom stereocenters. The zero-order valence-corrected chi connectivity index (χ0v) is 16.0. The van der Waals surface area contributed by atoms with E-state index in [0.29, 0.717) is 43.0 Å². The van der Waals surface area contributed by atoms with Gasteiger partial charge in [0, 0.05) is 58.6 Å². The second-order valence-corrected chi connectivity index (χ2v) is 7.91. The van der Waals surface area contributed by atoms with Gasteiger partial charge in [0.05, 0.1) is 18.8 Å². The van der Waals surface area contributed by atoms with Crippen molar-refractivity contribution in [1.29, 1.82) is 0 Å². The maximum atomic E-state index is 12.9. The number of carbonyl (C=O) groups excluding carboxylic acids is 2. The van der Waals surface area contributed by atoms with Gasteiger partial charge in [0.25, 0.3) is 5.91 Å². The number of carbonyl (C=O) groups is 2. The number of anilines is 1. The molecule has 2 aliphatic heterocycles. The second kappa shape index (κ2) is 7.42. The highest BCUT2D eigenvalue weighted by molar-refractivity contribution is 5.93. The van der Waals surface area contributed by atoms with Crippen molar-refractivity contribution in [2.24, 2.45) is 11.8 Å². The maximum absolute atomic E-state index is 12.9. The fourth-order valence-electron chi connectivity index (χ4n) is 4.53. The summed E-state index contributed by atoms with van der Waals surface area (Å²) < 4.78 is 5.34. The fraction of sp³-hybridized carbons (Fsp3) is 0.684. The minimum Gasteiger partial charge on any atom is -0.378 e. The van der Waals surface area contributed by atoms with Crippen molar-refractivity contribution >= 4 is 17.8 Å². The first-order valence-corrected chi connectivity index (χ1v) is 9.69. The van der Waals surface area contributed by atoms with Crippen LogP contribution in [0, 0.1) is 11.8 Å². The number of morpholine rings is 1. The van der Waals surface area contributed by atoms with Crippen LogP contribution in [0.25, 0.3) is 0 Å². The summed E-state index contributed by atoms with van der Waals surface area (Å²) >= 11 is 0. The first-order chi connectivity index (χ1) is 13.0. The summed E-state index contributed by atoms with van der Waals surface area (Å²) in [7, 11) is 3.72.